The first kappa shape index (κ1) is 18.4. The molecule has 26 heavy (non-hydrogen) atoms. The number of aromatic amines is 1. The van der Waals surface area contributed by atoms with Crippen molar-refractivity contribution in [3.8, 4) is 16.9 Å². The minimum atomic E-state index is -0.788. The Morgan fingerprint density at radius 2 is 1.65 bits per heavy atom. The van der Waals surface area contributed by atoms with Gasteiger partial charge < -0.3 is 9.84 Å². The van der Waals surface area contributed by atoms with Gasteiger partial charge in [-0.2, -0.15) is 0 Å². The summed E-state index contributed by atoms with van der Waals surface area (Å²) in [7, 11) is 0. The molecule has 0 aliphatic carbocycles. The highest BCUT2D eigenvalue weighted by molar-refractivity contribution is 7.71. The van der Waals surface area contributed by atoms with E-state index in [0.717, 1.165) is 11.1 Å². The molecule has 0 bridgehead atoms. The maximum atomic E-state index is 10.8. The van der Waals surface area contributed by atoms with Gasteiger partial charge >= 0.3 is 0 Å². The van der Waals surface area contributed by atoms with E-state index < -0.39 is 17.7 Å². The molecule has 2 atom stereocenters. The number of hydrogen-bond donors (Lipinski definition) is 2. The Hall–Kier alpha value is -2.44. The molecule has 0 saturated carbocycles. The summed E-state index contributed by atoms with van der Waals surface area (Å²) in [4.78, 5) is 4.03. The third-order valence-corrected chi connectivity index (χ3v) is 4.51. The standard InChI is InChI=1S/C20H23N3O2S/c1-20(2,3)17(24)18(23-19(26)21-13-22-23)25-16-11-9-15(10-12-16)14-7-5-4-6-8-14/h4-13,17-18,24H,1-3H3,(H,21,22,26). The van der Waals surface area contributed by atoms with Gasteiger partial charge in [-0.15, -0.1) is 0 Å². The third kappa shape index (κ3) is 4.03. The second kappa shape index (κ2) is 7.43. The summed E-state index contributed by atoms with van der Waals surface area (Å²) < 4.78 is 7.99. The van der Waals surface area contributed by atoms with E-state index in [-0.39, 0.29) is 0 Å². The van der Waals surface area contributed by atoms with Crippen molar-refractivity contribution < 1.29 is 9.84 Å². The second-order valence-electron chi connectivity index (χ2n) is 7.25. The summed E-state index contributed by atoms with van der Waals surface area (Å²) in [6, 6.07) is 17.9. The van der Waals surface area contributed by atoms with E-state index in [0.29, 0.717) is 10.5 Å². The first-order valence-corrected chi connectivity index (χ1v) is 8.89. The van der Waals surface area contributed by atoms with Crippen LogP contribution in [-0.2, 0) is 0 Å². The topological polar surface area (TPSA) is 63.1 Å². The number of aliphatic hydroxyl groups excluding tert-OH is 1. The Bertz CT molecular complexity index is 895. The summed E-state index contributed by atoms with van der Waals surface area (Å²) in [5.41, 5.74) is 1.85. The van der Waals surface area contributed by atoms with Crippen LogP contribution in [0.5, 0.6) is 5.75 Å². The van der Waals surface area contributed by atoms with E-state index in [9.17, 15) is 5.11 Å². The van der Waals surface area contributed by atoms with Crippen molar-refractivity contribution in [3.05, 3.63) is 65.7 Å². The van der Waals surface area contributed by atoms with Gasteiger partial charge in [-0.3, -0.25) is 5.10 Å². The molecule has 1 aromatic heterocycles. The zero-order chi connectivity index (χ0) is 18.7. The number of benzene rings is 2. The van der Waals surface area contributed by atoms with Crippen molar-refractivity contribution in [2.75, 3.05) is 0 Å². The number of nitrogens with zero attached hydrogens (tertiary/aromatic N) is 2. The molecule has 2 aromatic carbocycles. The van der Waals surface area contributed by atoms with Gasteiger partial charge in [0.15, 0.2) is 0 Å². The van der Waals surface area contributed by atoms with Crippen molar-refractivity contribution in [1.82, 2.24) is 14.8 Å². The van der Waals surface area contributed by atoms with E-state index in [1.165, 1.54) is 6.33 Å². The molecule has 0 aliphatic heterocycles. The highest BCUT2D eigenvalue weighted by atomic mass is 32.1. The van der Waals surface area contributed by atoms with Crippen LogP contribution in [0.4, 0.5) is 0 Å². The van der Waals surface area contributed by atoms with Gasteiger partial charge in [-0.1, -0.05) is 63.2 Å². The molecular formula is C20H23N3O2S. The first-order valence-electron chi connectivity index (χ1n) is 8.48. The predicted octanol–water partition coefficient (Wildman–Crippen LogP) is 4.59. The minimum absolute atomic E-state index is 0.333. The first-order chi connectivity index (χ1) is 12.4. The van der Waals surface area contributed by atoms with Crippen molar-refractivity contribution >= 4 is 12.2 Å². The number of ether oxygens (including phenoxy) is 1. The Morgan fingerprint density at radius 1 is 1.04 bits per heavy atom. The Morgan fingerprint density at radius 3 is 2.19 bits per heavy atom. The van der Waals surface area contributed by atoms with Crippen molar-refractivity contribution in [1.29, 1.82) is 0 Å². The lowest BCUT2D eigenvalue weighted by atomic mass is 9.88. The molecule has 2 unspecified atom stereocenters. The largest absolute Gasteiger partial charge is 0.466 e. The number of H-pyrrole nitrogens is 1. The lowest BCUT2D eigenvalue weighted by Crippen LogP contribution is -2.39. The Balaban J connectivity index is 1.88. The van der Waals surface area contributed by atoms with Crippen molar-refractivity contribution in [2.45, 2.75) is 33.1 Å². The molecule has 0 saturated heterocycles. The third-order valence-electron chi connectivity index (χ3n) is 4.21. The average molecular weight is 369 g/mol. The van der Waals surface area contributed by atoms with Gasteiger partial charge in [-0.05, 0) is 40.9 Å². The van der Waals surface area contributed by atoms with Crippen LogP contribution >= 0.6 is 12.2 Å². The highest BCUT2D eigenvalue weighted by Gasteiger charge is 2.34. The Labute approximate surface area is 158 Å². The second-order valence-corrected chi connectivity index (χ2v) is 7.61. The van der Waals surface area contributed by atoms with Crippen LogP contribution in [0, 0.1) is 10.2 Å². The summed E-state index contributed by atoms with van der Waals surface area (Å²) in [6.07, 6.45) is 0.00284. The molecule has 0 amide bonds. The van der Waals surface area contributed by atoms with Gasteiger partial charge in [0.25, 0.3) is 0 Å². The molecule has 2 N–H and O–H groups in total. The van der Waals surface area contributed by atoms with Gasteiger partial charge in [0.1, 0.15) is 18.2 Å². The molecule has 0 fully saturated rings. The number of aliphatic hydroxyl groups is 1. The number of hydrogen-bond acceptors (Lipinski definition) is 4. The van der Waals surface area contributed by atoms with E-state index in [2.05, 4.69) is 22.2 Å². The van der Waals surface area contributed by atoms with Crippen LogP contribution in [0.25, 0.3) is 11.1 Å². The molecular weight excluding hydrogens is 346 g/mol. The Kier molecular flexibility index (Phi) is 5.25. The van der Waals surface area contributed by atoms with Crippen LogP contribution in [0.1, 0.15) is 27.0 Å². The number of aromatic nitrogens is 3. The molecule has 136 valence electrons. The average Bonchev–Trinajstić information content (AvgIpc) is 3.05. The zero-order valence-corrected chi connectivity index (χ0v) is 15.9. The van der Waals surface area contributed by atoms with E-state index in [4.69, 9.17) is 17.0 Å². The molecule has 3 aromatic rings. The molecule has 1 heterocycles. The monoisotopic (exact) mass is 369 g/mol. The SMILES string of the molecule is CC(C)(C)C(O)C(Oc1ccc(-c2ccccc2)cc1)n1[nH]cnc1=S. The lowest BCUT2D eigenvalue weighted by Gasteiger charge is -2.33. The minimum Gasteiger partial charge on any atom is -0.466 e. The fourth-order valence-corrected chi connectivity index (χ4v) is 2.84. The number of nitrogens with one attached hydrogen (secondary N) is 1. The molecule has 5 nitrogen and oxygen atoms in total. The van der Waals surface area contributed by atoms with E-state index in [1.54, 1.807) is 4.68 Å². The summed E-state index contributed by atoms with van der Waals surface area (Å²) >= 11 is 5.23. The van der Waals surface area contributed by atoms with Crippen LogP contribution in [-0.4, -0.2) is 26.0 Å². The van der Waals surface area contributed by atoms with E-state index in [1.807, 2.05) is 63.2 Å². The summed E-state index contributed by atoms with van der Waals surface area (Å²) in [5, 5.41) is 13.7. The van der Waals surface area contributed by atoms with E-state index >= 15 is 0 Å². The van der Waals surface area contributed by atoms with Crippen LogP contribution < -0.4 is 4.74 Å². The smallest absolute Gasteiger partial charge is 0.219 e. The molecule has 6 heteroatoms. The van der Waals surface area contributed by atoms with Crippen LogP contribution in [0.15, 0.2) is 60.9 Å². The van der Waals surface area contributed by atoms with Gasteiger partial charge in [0, 0.05) is 0 Å². The molecule has 0 radical (unpaired) electrons. The maximum absolute atomic E-state index is 10.8. The van der Waals surface area contributed by atoms with Crippen LogP contribution in [0.2, 0.25) is 0 Å². The highest BCUT2D eigenvalue weighted by Crippen LogP contribution is 2.31. The zero-order valence-electron chi connectivity index (χ0n) is 15.1. The van der Waals surface area contributed by atoms with Crippen molar-refractivity contribution in [2.24, 2.45) is 5.41 Å². The van der Waals surface area contributed by atoms with Gasteiger partial charge in [0.2, 0.25) is 11.0 Å². The summed E-state index contributed by atoms with van der Waals surface area (Å²) in [5.74, 6) is 0.648. The maximum Gasteiger partial charge on any atom is 0.219 e. The molecule has 0 aliphatic rings. The van der Waals surface area contributed by atoms with Crippen molar-refractivity contribution in [3.63, 3.8) is 0 Å². The fraction of sp³-hybridized carbons (Fsp3) is 0.300. The predicted molar refractivity (Wildman–Crippen MR) is 104 cm³/mol. The fourth-order valence-electron chi connectivity index (χ4n) is 2.63. The molecule has 3 rings (SSSR count). The van der Waals surface area contributed by atoms with Crippen LogP contribution in [0.3, 0.4) is 0 Å². The quantitative estimate of drug-likeness (QED) is 0.646. The molecule has 0 spiro atoms. The summed E-state index contributed by atoms with van der Waals surface area (Å²) in [6.45, 7) is 5.85. The normalized spacial score (nSPS) is 14.0. The van der Waals surface area contributed by atoms with Gasteiger partial charge in [-0.25, -0.2) is 9.67 Å². The lowest BCUT2D eigenvalue weighted by molar-refractivity contribution is -0.0737. The van der Waals surface area contributed by atoms with Gasteiger partial charge in [0.05, 0.1) is 0 Å². The number of rotatable bonds is 5.